The van der Waals surface area contributed by atoms with Crippen LogP contribution in [0.2, 0.25) is 0 Å². The van der Waals surface area contributed by atoms with E-state index in [2.05, 4.69) is 55.4 Å². The Balaban J connectivity index is 5.24. The van der Waals surface area contributed by atoms with Gasteiger partial charge in [0, 0.05) is 25.7 Å². The number of phosphoric ester groups is 2. The number of rotatable bonds is 69. The second-order valence-electron chi connectivity index (χ2n) is 27.4. The molecule has 4 unspecified atom stereocenters. The standard InChI is InChI=1S/C72H140O17P2/c1-9-64(7)50-42-34-28-30-37-45-53-70(75)83-59-68(89-72(77)55-47-39-31-29-35-43-51-65(8)10-2)61-87-91(80,81)85-57-66(73)56-84-90(78,79)86-60-67(58-82-69(74)52-44-36-26-22-19-18-21-25-33-41-49-63(5)6)88-71(76)54-46-38-27-23-17-15-13-11-12-14-16-20-24-32-40-48-62(3)4/h62-68,73H,9-61H2,1-8H3,(H,78,79)(H,80,81)/t64?,65?,66-,67-,68-/m1/s1. The maximum Gasteiger partial charge on any atom is 0.472 e. The predicted octanol–water partition coefficient (Wildman–Crippen LogP) is 20.5. The number of ether oxygens (including phenoxy) is 4. The minimum absolute atomic E-state index is 0.102. The van der Waals surface area contributed by atoms with Gasteiger partial charge in [-0.25, -0.2) is 9.13 Å². The third-order valence-corrected chi connectivity index (χ3v) is 19.2. The van der Waals surface area contributed by atoms with Crippen molar-refractivity contribution in [2.75, 3.05) is 39.6 Å². The first kappa shape index (κ1) is 89.1. The monoisotopic (exact) mass is 1340 g/mol. The van der Waals surface area contributed by atoms with Crippen molar-refractivity contribution >= 4 is 39.5 Å². The molecule has 0 radical (unpaired) electrons. The van der Waals surface area contributed by atoms with Crippen LogP contribution in [0.5, 0.6) is 0 Å². The normalized spacial score (nSPS) is 14.8. The molecule has 0 fully saturated rings. The zero-order valence-electron chi connectivity index (χ0n) is 59.5. The number of aliphatic hydroxyl groups excluding tert-OH is 1. The van der Waals surface area contributed by atoms with Crippen molar-refractivity contribution in [3.8, 4) is 0 Å². The highest BCUT2D eigenvalue weighted by Crippen LogP contribution is 2.45. The molecule has 17 nitrogen and oxygen atoms in total. The van der Waals surface area contributed by atoms with Crippen LogP contribution in [0.3, 0.4) is 0 Å². The molecule has 0 saturated heterocycles. The van der Waals surface area contributed by atoms with Gasteiger partial charge in [-0.2, -0.15) is 0 Å². The van der Waals surface area contributed by atoms with E-state index in [0.29, 0.717) is 25.7 Å². The average molecular weight is 1340 g/mol. The molecule has 0 spiro atoms. The minimum Gasteiger partial charge on any atom is -0.462 e. The topological polar surface area (TPSA) is 237 Å². The van der Waals surface area contributed by atoms with Crippen LogP contribution >= 0.6 is 15.6 Å². The molecular formula is C72H140O17P2. The predicted molar refractivity (Wildman–Crippen MR) is 367 cm³/mol. The van der Waals surface area contributed by atoms with E-state index in [0.717, 1.165) is 120 Å². The van der Waals surface area contributed by atoms with Gasteiger partial charge in [0.1, 0.15) is 19.3 Å². The number of carbonyl (C=O) groups is 4. The number of aliphatic hydroxyl groups is 1. The number of esters is 4. The van der Waals surface area contributed by atoms with Crippen LogP contribution in [0.15, 0.2) is 0 Å². The van der Waals surface area contributed by atoms with Crippen LogP contribution in [0.25, 0.3) is 0 Å². The zero-order chi connectivity index (χ0) is 67.5. The lowest BCUT2D eigenvalue weighted by atomic mass is 10.00. The van der Waals surface area contributed by atoms with Crippen molar-refractivity contribution in [2.24, 2.45) is 23.7 Å². The van der Waals surface area contributed by atoms with Gasteiger partial charge in [0.25, 0.3) is 0 Å². The number of hydrogen-bond acceptors (Lipinski definition) is 15. The van der Waals surface area contributed by atoms with E-state index in [4.69, 9.17) is 37.0 Å². The second-order valence-corrected chi connectivity index (χ2v) is 30.3. The first-order chi connectivity index (χ1) is 43.7. The third-order valence-electron chi connectivity index (χ3n) is 17.3. The maximum absolute atomic E-state index is 13.0. The van der Waals surface area contributed by atoms with Gasteiger partial charge in [0.05, 0.1) is 26.4 Å². The van der Waals surface area contributed by atoms with E-state index in [-0.39, 0.29) is 25.7 Å². The molecule has 19 heteroatoms. The number of unbranched alkanes of at least 4 members (excludes halogenated alkanes) is 33. The van der Waals surface area contributed by atoms with E-state index >= 15 is 0 Å². The van der Waals surface area contributed by atoms with Crippen LogP contribution in [0, 0.1) is 23.7 Å². The Hall–Kier alpha value is -1.94. The van der Waals surface area contributed by atoms with Gasteiger partial charge in [0.15, 0.2) is 12.2 Å². The summed E-state index contributed by atoms with van der Waals surface area (Å²) in [5, 5.41) is 10.6. The molecule has 7 atom stereocenters. The highest BCUT2D eigenvalue weighted by atomic mass is 31.2. The quantitative estimate of drug-likeness (QED) is 0.0222. The van der Waals surface area contributed by atoms with Crippen LogP contribution in [-0.4, -0.2) is 96.7 Å². The molecule has 0 aromatic heterocycles. The van der Waals surface area contributed by atoms with Crippen molar-refractivity contribution in [2.45, 2.75) is 375 Å². The number of carbonyl (C=O) groups excluding carboxylic acids is 4. The van der Waals surface area contributed by atoms with E-state index in [1.54, 1.807) is 0 Å². The van der Waals surface area contributed by atoms with Gasteiger partial charge in [-0.3, -0.25) is 37.3 Å². The van der Waals surface area contributed by atoms with Gasteiger partial charge >= 0.3 is 39.5 Å². The lowest BCUT2D eigenvalue weighted by Gasteiger charge is -2.21. The molecule has 0 aromatic rings. The summed E-state index contributed by atoms with van der Waals surface area (Å²) in [6.45, 7) is 14.1. The van der Waals surface area contributed by atoms with Crippen molar-refractivity contribution in [3.63, 3.8) is 0 Å². The van der Waals surface area contributed by atoms with E-state index in [9.17, 15) is 43.2 Å². The lowest BCUT2D eigenvalue weighted by molar-refractivity contribution is -0.161. The largest absolute Gasteiger partial charge is 0.472 e. The Bertz CT molecular complexity index is 1800. The van der Waals surface area contributed by atoms with Crippen molar-refractivity contribution in [3.05, 3.63) is 0 Å². The van der Waals surface area contributed by atoms with Crippen molar-refractivity contribution in [1.29, 1.82) is 0 Å². The molecule has 0 heterocycles. The Labute approximate surface area is 556 Å². The van der Waals surface area contributed by atoms with Gasteiger partial charge in [-0.15, -0.1) is 0 Å². The van der Waals surface area contributed by atoms with Crippen LogP contribution in [0.4, 0.5) is 0 Å². The fraction of sp³-hybridized carbons (Fsp3) is 0.944. The Morgan fingerprint density at radius 3 is 0.780 bits per heavy atom. The van der Waals surface area contributed by atoms with Crippen LogP contribution in [-0.2, 0) is 65.4 Å². The lowest BCUT2D eigenvalue weighted by Crippen LogP contribution is -2.30. The summed E-state index contributed by atoms with van der Waals surface area (Å²) in [7, 11) is -9.91. The summed E-state index contributed by atoms with van der Waals surface area (Å²) in [5.74, 6) is 0.882. The molecule has 0 saturated carbocycles. The number of phosphoric acid groups is 2. The fourth-order valence-corrected chi connectivity index (χ4v) is 12.4. The molecule has 0 rings (SSSR count). The van der Waals surface area contributed by atoms with Gasteiger partial charge in [-0.05, 0) is 49.4 Å². The molecule has 540 valence electrons. The second kappa shape index (κ2) is 61.6. The summed E-state index contributed by atoms with van der Waals surface area (Å²) >= 11 is 0. The van der Waals surface area contributed by atoms with E-state index in [1.165, 1.54) is 154 Å². The van der Waals surface area contributed by atoms with Gasteiger partial charge < -0.3 is 33.8 Å². The molecule has 3 N–H and O–H groups in total. The molecular weight excluding hydrogens is 1200 g/mol. The highest BCUT2D eigenvalue weighted by molar-refractivity contribution is 7.47. The first-order valence-electron chi connectivity index (χ1n) is 37.3. The summed E-state index contributed by atoms with van der Waals surface area (Å²) in [6.07, 6.45) is 44.5. The Kier molecular flexibility index (Phi) is 60.3. The Morgan fingerprint density at radius 2 is 0.527 bits per heavy atom. The maximum atomic E-state index is 13.0. The minimum atomic E-state index is -4.95. The SMILES string of the molecule is CCC(C)CCCCCCCCC(=O)OC[C@H](COP(=O)(O)OC[C@H](O)COP(=O)(O)OC[C@@H](COC(=O)CCCCCCCCCCCCC(C)C)OC(=O)CCCCCCCCCCCCCCCCCC(C)C)OC(=O)CCCCCCCCC(C)CC. The van der Waals surface area contributed by atoms with Crippen molar-refractivity contribution < 1.29 is 80.2 Å². The summed E-state index contributed by atoms with van der Waals surface area (Å²) < 4.78 is 68.3. The molecule has 0 aliphatic heterocycles. The summed E-state index contributed by atoms with van der Waals surface area (Å²) in [6, 6.07) is 0. The summed E-state index contributed by atoms with van der Waals surface area (Å²) in [5.41, 5.74) is 0. The highest BCUT2D eigenvalue weighted by Gasteiger charge is 2.30. The van der Waals surface area contributed by atoms with Gasteiger partial charge in [-0.1, -0.05) is 306 Å². The molecule has 0 amide bonds. The summed E-state index contributed by atoms with van der Waals surface area (Å²) in [4.78, 5) is 72.6. The van der Waals surface area contributed by atoms with Crippen LogP contribution < -0.4 is 0 Å². The zero-order valence-corrected chi connectivity index (χ0v) is 61.3. The molecule has 0 bridgehead atoms. The average Bonchev–Trinajstić information content (AvgIpc) is 3.73. The van der Waals surface area contributed by atoms with Gasteiger partial charge in [0.2, 0.25) is 0 Å². The smallest absolute Gasteiger partial charge is 0.462 e. The fourth-order valence-electron chi connectivity index (χ4n) is 10.8. The van der Waals surface area contributed by atoms with E-state index < -0.39 is 97.5 Å². The molecule has 0 aromatic carbocycles. The van der Waals surface area contributed by atoms with Crippen molar-refractivity contribution in [1.82, 2.24) is 0 Å². The number of hydrogen-bond donors (Lipinski definition) is 3. The third kappa shape index (κ3) is 63.9. The van der Waals surface area contributed by atoms with E-state index in [1.807, 2.05) is 0 Å². The Morgan fingerprint density at radius 1 is 0.308 bits per heavy atom. The molecule has 91 heavy (non-hydrogen) atoms. The van der Waals surface area contributed by atoms with Crippen LogP contribution in [0.1, 0.15) is 357 Å². The molecule has 0 aliphatic rings. The molecule has 0 aliphatic carbocycles. The first-order valence-corrected chi connectivity index (χ1v) is 40.3.